The Morgan fingerprint density at radius 1 is 1.27 bits per heavy atom. The number of benzene rings is 1. The Bertz CT molecular complexity index is 722. The normalized spacial score (nSPS) is 23.0. The molecule has 5 heteroatoms. The van der Waals surface area contributed by atoms with Gasteiger partial charge in [-0.25, -0.2) is 0 Å². The van der Waals surface area contributed by atoms with Crippen molar-refractivity contribution >= 4 is 5.91 Å². The van der Waals surface area contributed by atoms with E-state index in [9.17, 15) is 9.90 Å². The van der Waals surface area contributed by atoms with E-state index < -0.39 is 6.10 Å². The summed E-state index contributed by atoms with van der Waals surface area (Å²) in [5.41, 5.74) is 4.73. The number of carbonyl (C=O) groups is 1. The van der Waals surface area contributed by atoms with Crippen LogP contribution in [-0.2, 0) is 19.3 Å². The SMILES string of the molecule is O=C(NC1c2ccccc2CC1O)c1n[nH]c2c1CCCC2. The molecule has 5 nitrogen and oxygen atoms in total. The topological polar surface area (TPSA) is 78.0 Å². The third-order valence-corrected chi connectivity index (χ3v) is 4.76. The fourth-order valence-electron chi connectivity index (χ4n) is 3.63. The molecule has 2 unspecified atom stereocenters. The fraction of sp³-hybridized carbons (Fsp3) is 0.412. The number of aliphatic hydroxyl groups is 1. The standard InChI is InChI=1S/C17H19N3O2/c21-14-9-10-5-1-2-6-11(10)15(14)18-17(22)16-12-7-3-4-8-13(12)19-20-16/h1-2,5-6,14-15,21H,3-4,7-9H2,(H,18,22)(H,19,20). The molecule has 2 aromatic rings. The molecule has 2 aliphatic rings. The average Bonchev–Trinajstić information content (AvgIpc) is 3.09. The number of hydrogen-bond acceptors (Lipinski definition) is 3. The number of fused-ring (bicyclic) bond motifs is 2. The Hall–Kier alpha value is -2.14. The van der Waals surface area contributed by atoms with Gasteiger partial charge < -0.3 is 10.4 Å². The van der Waals surface area contributed by atoms with Crippen molar-refractivity contribution in [2.24, 2.45) is 0 Å². The van der Waals surface area contributed by atoms with Crippen LogP contribution in [-0.4, -0.2) is 27.3 Å². The van der Waals surface area contributed by atoms with E-state index in [0.717, 1.165) is 48.1 Å². The zero-order chi connectivity index (χ0) is 15.1. The van der Waals surface area contributed by atoms with Crippen molar-refractivity contribution < 1.29 is 9.90 Å². The molecule has 1 aromatic heterocycles. The van der Waals surface area contributed by atoms with Gasteiger partial charge in [-0.05, 0) is 36.8 Å². The van der Waals surface area contributed by atoms with Crippen LogP contribution in [0.3, 0.4) is 0 Å². The summed E-state index contributed by atoms with van der Waals surface area (Å²) in [6.07, 6.45) is 4.12. The van der Waals surface area contributed by atoms with Crippen LogP contribution in [0.5, 0.6) is 0 Å². The second-order valence-electron chi connectivity index (χ2n) is 6.16. The minimum Gasteiger partial charge on any atom is -0.390 e. The first kappa shape index (κ1) is 13.5. The van der Waals surface area contributed by atoms with Crippen LogP contribution in [0.15, 0.2) is 24.3 Å². The number of carbonyl (C=O) groups excluding carboxylic acids is 1. The number of aromatic amines is 1. The van der Waals surface area contributed by atoms with Gasteiger partial charge in [0, 0.05) is 17.7 Å². The Balaban J connectivity index is 1.59. The van der Waals surface area contributed by atoms with Gasteiger partial charge in [-0.3, -0.25) is 9.89 Å². The predicted octanol–water partition coefficient (Wildman–Crippen LogP) is 1.68. The summed E-state index contributed by atoms with van der Waals surface area (Å²) in [5.74, 6) is -0.194. The molecular weight excluding hydrogens is 278 g/mol. The van der Waals surface area contributed by atoms with Crippen LogP contribution >= 0.6 is 0 Å². The predicted molar refractivity (Wildman–Crippen MR) is 81.6 cm³/mol. The van der Waals surface area contributed by atoms with Crippen molar-refractivity contribution in [2.45, 2.75) is 44.2 Å². The highest BCUT2D eigenvalue weighted by atomic mass is 16.3. The quantitative estimate of drug-likeness (QED) is 0.789. The molecule has 4 rings (SSSR count). The number of aryl methyl sites for hydroxylation is 1. The number of rotatable bonds is 2. The lowest BCUT2D eigenvalue weighted by atomic mass is 9.95. The van der Waals surface area contributed by atoms with Gasteiger partial charge in [0.2, 0.25) is 0 Å². The maximum Gasteiger partial charge on any atom is 0.272 e. The number of aliphatic hydroxyl groups excluding tert-OH is 1. The molecule has 0 aliphatic heterocycles. The molecule has 0 saturated carbocycles. The summed E-state index contributed by atoms with van der Waals surface area (Å²) in [5, 5.41) is 20.4. The molecule has 0 fully saturated rings. The number of nitrogens with zero attached hydrogens (tertiary/aromatic N) is 1. The minimum atomic E-state index is -0.573. The summed E-state index contributed by atoms with van der Waals surface area (Å²) >= 11 is 0. The first-order chi connectivity index (χ1) is 10.7. The maximum absolute atomic E-state index is 12.6. The first-order valence-corrected chi connectivity index (χ1v) is 7.87. The number of nitrogens with one attached hydrogen (secondary N) is 2. The summed E-state index contributed by atoms with van der Waals surface area (Å²) in [6, 6.07) is 7.52. The van der Waals surface area contributed by atoms with Crippen molar-refractivity contribution in [3.63, 3.8) is 0 Å². The second kappa shape index (κ2) is 5.25. The van der Waals surface area contributed by atoms with Crippen LogP contribution in [0.4, 0.5) is 0 Å². The first-order valence-electron chi connectivity index (χ1n) is 7.87. The van der Waals surface area contributed by atoms with Crippen LogP contribution < -0.4 is 5.32 Å². The van der Waals surface area contributed by atoms with E-state index in [1.807, 2.05) is 24.3 Å². The molecule has 0 saturated heterocycles. The van der Waals surface area contributed by atoms with Crippen molar-refractivity contribution in [2.75, 3.05) is 0 Å². The molecule has 2 atom stereocenters. The van der Waals surface area contributed by atoms with Crippen LogP contribution in [0, 0.1) is 0 Å². The lowest BCUT2D eigenvalue weighted by Crippen LogP contribution is -2.34. The Labute approximate surface area is 128 Å². The van der Waals surface area contributed by atoms with E-state index >= 15 is 0 Å². The Kier molecular flexibility index (Phi) is 3.22. The molecule has 2 aliphatic carbocycles. The Morgan fingerprint density at radius 3 is 3.00 bits per heavy atom. The van der Waals surface area contributed by atoms with Crippen LogP contribution in [0.2, 0.25) is 0 Å². The maximum atomic E-state index is 12.6. The molecule has 0 bridgehead atoms. The Morgan fingerprint density at radius 2 is 2.09 bits per heavy atom. The van der Waals surface area contributed by atoms with Crippen LogP contribution in [0.25, 0.3) is 0 Å². The van der Waals surface area contributed by atoms with Gasteiger partial charge in [-0.15, -0.1) is 0 Å². The molecule has 3 N–H and O–H groups in total. The molecule has 114 valence electrons. The lowest BCUT2D eigenvalue weighted by Gasteiger charge is -2.18. The van der Waals surface area contributed by atoms with Crippen molar-refractivity contribution in [1.29, 1.82) is 0 Å². The van der Waals surface area contributed by atoms with Crippen molar-refractivity contribution in [3.05, 3.63) is 52.3 Å². The number of H-pyrrole nitrogens is 1. The number of hydrogen-bond donors (Lipinski definition) is 3. The number of amides is 1. The van der Waals surface area contributed by atoms with Gasteiger partial charge in [0.1, 0.15) is 0 Å². The van der Waals surface area contributed by atoms with E-state index in [4.69, 9.17) is 0 Å². The fourth-order valence-corrected chi connectivity index (χ4v) is 3.63. The summed E-state index contributed by atoms with van der Waals surface area (Å²) < 4.78 is 0. The molecule has 0 radical (unpaired) electrons. The molecule has 22 heavy (non-hydrogen) atoms. The zero-order valence-electron chi connectivity index (χ0n) is 12.3. The van der Waals surface area contributed by atoms with Gasteiger partial charge >= 0.3 is 0 Å². The smallest absolute Gasteiger partial charge is 0.272 e. The highest BCUT2D eigenvalue weighted by molar-refractivity contribution is 5.94. The minimum absolute atomic E-state index is 0.194. The average molecular weight is 297 g/mol. The lowest BCUT2D eigenvalue weighted by molar-refractivity contribution is 0.0852. The molecule has 1 amide bonds. The monoisotopic (exact) mass is 297 g/mol. The van der Waals surface area contributed by atoms with Crippen molar-refractivity contribution in [1.82, 2.24) is 15.5 Å². The van der Waals surface area contributed by atoms with E-state index in [0.29, 0.717) is 12.1 Å². The van der Waals surface area contributed by atoms with Crippen LogP contribution in [0.1, 0.15) is 51.8 Å². The molecule has 1 aromatic carbocycles. The second-order valence-corrected chi connectivity index (χ2v) is 6.16. The van der Waals surface area contributed by atoms with Gasteiger partial charge in [0.05, 0.1) is 12.1 Å². The molecule has 0 spiro atoms. The highest BCUT2D eigenvalue weighted by Crippen LogP contribution is 2.32. The largest absolute Gasteiger partial charge is 0.390 e. The molecule has 1 heterocycles. The summed E-state index contributed by atoms with van der Waals surface area (Å²) in [7, 11) is 0. The van der Waals surface area contributed by atoms with Gasteiger partial charge in [-0.1, -0.05) is 24.3 Å². The van der Waals surface area contributed by atoms with E-state index in [1.54, 1.807) is 0 Å². The zero-order valence-corrected chi connectivity index (χ0v) is 12.3. The van der Waals surface area contributed by atoms with E-state index in [-0.39, 0.29) is 11.9 Å². The highest BCUT2D eigenvalue weighted by Gasteiger charge is 2.33. The van der Waals surface area contributed by atoms with Crippen molar-refractivity contribution in [3.8, 4) is 0 Å². The van der Waals surface area contributed by atoms with Gasteiger partial charge in [0.25, 0.3) is 5.91 Å². The third kappa shape index (κ3) is 2.13. The third-order valence-electron chi connectivity index (χ3n) is 4.76. The summed E-state index contributed by atoms with van der Waals surface area (Å²) in [4.78, 5) is 12.6. The van der Waals surface area contributed by atoms with E-state index in [1.165, 1.54) is 0 Å². The van der Waals surface area contributed by atoms with Gasteiger partial charge in [-0.2, -0.15) is 5.10 Å². The van der Waals surface area contributed by atoms with E-state index in [2.05, 4.69) is 15.5 Å². The molecular formula is C17H19N3O2. The number of aromatic nitrogens is 2. The van der Waals surface area contributed by atoms with Gasteiger partial charge in [0.15, 0.2) is 5.69 Å². The summed E-state index contributed by atoms with van der Waals surface area (Å²) in [6.45, 7) is 0.